The standard InChI is InChI=1S/C16H22N2O2/c1-16(2,3)14-6-4-13(5-7-14)15(20)18-10-8-17(12-19)9-11-18/h4-7,12H,8-11H2,1-3H3. The predicted octanol–water partition coefficient (Wildman–Crippen LogP) is 1.90. The summed E-state index contributed by atoms with van der Waals surface area (Å²) < 4.78 is 0. The minimum Gasteiger partial charge on any atom is -0.342 e. The van der Waals surface area contributed by atoms with Crippen LogP contribution in [0.5, 0.6) is 0 Å². The summed E-state index contributed by atoms with van der Waals surface area (Å²) in [5.74, 6) is 0.0519. The Morgan fingerprint density at radius 1 is 1.05 bits per heavy atom. The zero-order chi connectivity index (χ0) is 14.8. The fraction of sp³-hybridized carbons (Fsp3) is 0.500. The molecule has 0 spiro atoms. The van der Waals surface area contributed by atoms with Crippen molar-refractivity contribution in [2.75, 3.05) is 26.2 Å². The first-order valence-corrected chi connectivity index (χ1v) is 7.01. The highest BCUT2D eigenvalue weighted by molar-refractivity contribution is 5.94. The zero-order valence-electron chi connectivity index (χ0n) is 12.4. The van der Waals surface area contributed by atoms with Crippen molar-refractivity contribution in [1.29, 1.82) is 0 Å². The first-order chi connectivity index (χ1) is 9.41. The average Bonchev–Trinajstić information content (AvgIpc) is 2.46. The number of amides is 2. The van der Waals surface area contributed by atoms with Gasteiger partial charge in [0.15, 0.2) is 0 Å². The van der Waals surface area contributed by atoms with Gasteiger partial charge in [-0.3, -0.25) is 9.59 Å². The Bertz CT molecular complexity index is 480. The molecule has 4 nitrogen and oxygen atoms in total. The summed E-state index contributed by atoms with van der Waals surface area (Å²) >= 11 is 0. The number of rotatable bonds is 2. The second-order valence-electron chi connectivity index (χ2n) is 6.26. The first-order valence-electron chi connectivity index (χ1n) is 7.01. The van der Waals surface area contributed by atoms with Crippen LogP contribution in [0.4, 0.5) is 0 Å². The van der Waals surface area contributed by atoms with Crippen LogP contribution in [-0.2, 0) is 10.2 Å². The molecular weight excluding hydrogens is 252 g/mol. The van der Waals surface area contributed by atoms with Gasteiger partial charge in [0.25, 0.3) is 5.91 Å². The van der Waals surface area contributed by atoms with Gasteiger partial charge < -0.3 is 9.80 Å². The van der Waals surface area contributed by atoms with Gasteiger partial charge in [-0.25, -0.2) is 0 Å². The Morgan fingerprint density at radius 2 is 1.60 bits per heavy atom. The topological polar surface area (TPSA) is 40.6 Å². The smallest absolute Gasteiger partial charge is 0.253 e. The Morgan fingerprint density at radius 3 is 2.05 bits per heavy atom. The molecule has 0 radical (unpaired) electrons. The van der Waals surface area contributed by atoms with Crippen LogP contribution in [-0.4, -0.2) is 48.3 Å². The van der Waals surface area contributed by atoms with E-state index in [-0.39, 0.29) is 11.3 Å². The van der Waals surface area contributed by atoms with Crippen molar-refractivity contribution in [3.05, 3.63) is 35.4 Å². The van der Waals surface area contributed by atoms with Crippen molar-refractivity contribution in [3.63, 3.8) is 0 Å². The van der Waals surface area contributed by atoms with Gasteiger partial charge in [0, 0.05) is 31.7 Å². The van der Waals surface area contributed by atoms with Crippen LogP contribution in [0.25, 0.3) is 0 Å². The molecule has 0 unspecified atom stereocenters. The molecule has 1 heterocycles. The normalized spacial score (nSPS) is 16.1. The molecule has 1 aliphatic rings. The van der Waals surface area contributed by atoms with E-state index in [2.05, 4.69) is 20.8 Å². The predicted molar refractivity (Wildman–Crippen MR) is 78.7 cm³/mol. The van der Waals surface area contributed by atoms with E-state index >= 15 is 0 Å². The number of benzene rings is 1. The second-order valence-corrected chi connectivity index (χ2v) is 6.26. The molecule has 0 atom stereocenters. The maximum atomic E-state index is 12.4. The third-order valence-electron chi connectivity index (χ3n) is 3.75. The van der Waals surface area contributed by atoms with Crippen molar-refractivity contribution in [1.82, 2.24) is 9.80 Å². The molecule has 4 heteroatoms. The lowest BCUT2D eigenvalue weighted by Crippen LogP contribution is -2.48. The van der Waals surface area contributed by atoms with Gasteiger partial charge in [0.2, 0.25) is 6.41 Å². The third-order valence-corrected chi connectivity index (χ3v) is 3.75. The van der Waals surface area contributed by atoms with Gasteiger partial charge in [0.1, 0.15) is 0 Å². The molecule has 1 aliphatic heterocycles. The summed E-state index contributed by atoms with van der Waals surface area (Å²) in [4.78, 5) is 26.5. The van der Waals surface area contributed by atoms with Gasteiger partial charge in [0.05, 0.1) is 0 Å². The minimum atomic E-state index is 0.0519. The molecule has 0 aliphatic carbocycles. The highest BCUT2D eigenvalue weighted by atomic mass is 16.2. The fourth-order valence-electron chi connectivity index (χ4n) is 2.33. The van der Waals surface area contributed by atoms with Crippen molar-refractivity contribution in [2.24, 2.45) is 0 Å². The molecule has 2 amide bonds. The number of carbonyl (C=O) groups excluding carboxylic acids is 2. The Kier molecular flexibility index (Phi) is 4.12. The van der Waals surface area contributed by atoms with Crippen LogP contribution in [0.2, 0.25) is 0 Å². The number of hydrogen-bond donors (Lipinski definition) is 0. The Balaban J connectivity index is 2.05. The van der Waals surface area contributed by atoms with E-state index in [1.807, 2.05) is 29.2 Å². The molecule has 1 aromatic rings. The number of nitrogens with zero attached hydrogens (tertiary/aromatic N) is 2. The van der Waals surface area contributed by atoms with Crippen molar-refractivity contribution in [3.8, 4) is 0 Å². The molecule has 1 saturated heterocycles. The zero-order valence-corrected chi connectivity index (χ0v) is 12.4. The SMILES string of the molecule is CC(C)(C)c1ccc(C(=O)N2CCN(C=O)CC2)cc1. The molecule has 0 N–H and O–H groups in total. The molecule has 0 aromatic heterocycles. The molecule has 1 fully saturated rings. The van der Waals surface area contributed by atoms with E-state index in [0.29, 0.717) is 26.2 Å². The highest BCUT2D eigenvalue weighted by Crippen LogP contribution is 2.22. The maximum absolute atomic E-state index is 12.4. The van der Waals surface area contributed by atoms with Crippen LogP contribution >= 0.6 is 0 Å². The summed E-state index contributed by atoms with van der Waals surface area (Å²) in [6.45, 7) is 8.93. The number of hydrogen-bond acceptors (Lipinski definition) is 2. The third kappa shape index (κ3) is 3.18. The van der Waals surface area contributed by atoms with E-state index in [9.17, 15) is 9.59 Å². The van der Waals surface area contributed by atoms with Crippen LogP contribution in [0.15, 0.2) is 24.3 Å². The quantitative estimate of drug-likeness (QED) is 0.773. The van der Waals surface area contributed by atoms with Gasteiger partial charge in [-0.2, -0.15) is 0 Å². The van der Waals surface area contributed by atoms with E-state index < -0.39 is 0 Å². The summed E-state index contributed by atoms with van der Waals surface area (Å²) in [5, 5.41) is 0. The monoisotopic (exact) mass is 274 g/mol. The van der Waals surface area contributed by atoms with E-state index in [1.165, 1.54) is 5.56 Å². The summed E-state index contributed by atoms with van der Waals surface area (Å²) in [6, 6.07) is 7.84. The largest absolute Gasteiger partial charge is 0.342 e. The fourth-order valence-corrected chi connectivity index (χ4v) is 2.33. The summed E-state index contributed by atoms with van der Waals surface area (Å²) in [5.41, 5.74) is 2.04. The molecule has 1 aromatic carbocycles. The molecule has 0 saturated carbocycles. The molecular formula is C16H22N2O2. The molecule has 20 heavy (non-hydrogen) atoms. The van der Waals surface area contributed by atoms with Gasteiger partial charge >= 0.3 is 0 Å². The Labute approximate surface area is 120 Å². The number of piperazine rings is 1. The summed E-state index contributed by atoms with van der Waals surface area (Å²) in [7, 11) is 0. The second kappa shape index (κ2) is 5.65. The van der Waals surface area contributed by atoms with Crippen LogP contribution in [0.1, 0.15) is 36.7 Å². The number of carbonyl (C=O) groups is 2. The van der Waals surface area contributed by atoms with Crippen LogP contribution < -0.4 is 0 Å². The minimum absolute atomic E-state index is 0.0519. The van der Waals surface area contributed by atoms with E-state index in [1.54, 1.807) is 4.90 Å². The van der Waals surface area contributed by atoms with Gasteiger partial charge in [-0.15, -0.1) is 0 Å². The van der Waals surface area contributed by atoms with E-state index in [0.717, 1.165) is 12.0 Å². The van der Waals surface area contributed by atoms with Gasteiger partial charge in [-0.1, -0.05) is 32.9 Å². The molecule has 0 bridgehead atoms. The van der Waals surface area contributed by atoms with Crippen molar-refractivity contribution < 1.29 is 9.59 Å². The first kappa shape index (κ1) is 14.6. The lowest BCUT2D eigenvalue weighted by Gasteiger charge is -2.32. The van der Waals surface area contributed by atoms with Crippen molar-refractivity contribution in [2.45, 2.75) is 26.2 Å². The average molecular weight is 274 g/mol. The van der Waals surface area contributed by atoms with E-state index in [4.69, 9.17) is 0 Å². The lowest BCUT2D eigenvalue weighted by molar-refractivity contribution is -0.119. The molecule has 2 rings (SSSR count). The molecule has 108 valence electrons. The van der Waals surface area contributed by atoms with Crippen LogP contribution in [0, 0.1) is 0 Å². The Hall–Kier alpha value is -1.84. The van der Waals surface area contributed by atoms with Crippen molar-refractivity contribution >= 4 is 12.3 Å². The lowest BCUT2D eigenvalue weighted by atomic mass is 9.86. The highest BCUT2D eigenvalue weighted by Gasteiger charge is 2.21. The summed E-state index contributed by atoms with van der Waals surface area (Å²) in [6.07, 6.45) is 0.847. The maximum Gasteiger partial charge on any atom is 0.253 e. The van der Waals surface area contributed by atoms with Crippen LogP contribution in [0.3, 0.4) is 0 Å². The van der Waals surface area contributed by atoms with Gasteiger partial charge in [-0.05, 0) is 23.1 Å².